The maximum absolute atomic E-state index is 12.8. The average Bonchev–Trinajstić information content (AvgIpc) is 3.38. The topological polar surface area (TPSA) is 62.2 Å². The molecule has 188 valence electrons. The summed E-state index contributed by atoms with van der Waals surface area (Å²) in [6.07, 6.45) is 2.13. The Morgan fingerprint density at radius 3 is 2.51 bits per heavy atom. The Balaban J connectivity index is 1.48. The molecule has 2 aromatic heterocycles. The lowest BCUT2D eigenvalue weighted by Gasteiger charge is -2.28. The quantitative estimate of drug-likeness (QED) is 0.309. The summed E-state index contributed by atoms with van der Waals surface area (Å²) < 4.78 is 2.29. The number of carbonyl (C=O) groups is 1. The van der Waals surface area contributed by atoms with Gasteiger partial charge in [0.05, 0.1) is 17.8 Å². The van der Waals surface area contributed by atoms with Crippen molar-refractivity contribution >= 4 is 28.9 Å². The number of aryl methyl sites for hydroxylation is 2. The molecule has 5 rings (SSSR count). The molecule has 37 heavy (non-hydrogen) atoms. The van der Waals surface area contributed by atoms with Crippen LogP contribution in [0.25, 0.3) is 5.69 Å². The predicted molar refractivity (Wildman–Crippen MR) is 152 cm³/mol. The van der Waals surface area contributed by atoms with E-state index in [4.69, 9.17) is 12.2 Å². The Morgan fingerprint density at radius 2 is 1.78 bits per heavy atom. The number of anilines is 1. The highest BCUT2D eigenvalue weighted by atomic mass is 32.1. The highest BCUT2D eigenvalue weighted by Gasteiger charge is 2.41. The molecule has 1 saturated heterocycles. The summed E-state index contributed by atoms with van der Waals surface area (Å²) in [5.41, 5.74) is 7.54. The van der Waals surface area contributed by atoms with Crippen LogP contribution >= 0.6 is 12.2 Å². The number of thiocarbonyl (C=S) groups is 1. The van der Waals surface area contributed by atoms with Gasteiger partial charge in [0.2, 0.25) is 5.91 Å². The van der Waals surface area contributed by atoms with Gasteiger partial charge in [0.25, 0.3) is 0 Å². The lowest BCUT2D eigenvalue weighted by molar-refractivity contribution is -0.116. The van der Waals surface area contributed by atoms with Crippen molar-refractivity contribution in [2.45, 2.75) is 39.3 Å². The number of hydrogen-bond acceptors (Lipinski definition) is 3. The number of rotatable bonds is 7. The van der Waals surface area contributed by atoms with Crippen molar-refractivity contribution in [3.8, 4) is 5.69 Å². The van der Waals surface area contributed by atoms with Crippen LogP contribution in [0.1, 0.15) is 46.7 Å². The van der Waals surface area contributed by atoms with Crippen LogP contribution in [-0.4, -0.2) is 32.0 Å². The first-order valence-electron chi connectivity index (χ1n) is 12.5. The van der Waals surface area contributed by atoms with Crippen molar-refractivity contribution in [2.24, 2.45) is 0 Å². The van der Waals surface area contributed by atoms with E-state index in [1.54, 1.807) is 0 Å². The zero-order chi connectivity index (χ0) is 25.9. The van der Waals surface area contributed by atoms with Gasteiger partial charge in [-0.3, -0.25) is 9.78 Å². The van der Waals surface area contributed by atoms with E-state index in [1.165, 1.54) is 11.1 Å². The first-order valence-corrected chi connectivity index (χ1v) is 12.9. The fourth-order valence-electron chi connectivity index (χ4n) is 5.20. The number of aromatic nitrogens is 2. The zero-order valence-corrected chi connectivity index (χ0v) is 22.1. The maximum atomic E-state index is 12.8. The van der Waals surface area contributed by atoms with Gasteiger partial charge in [0.1, 0.15) is 0 Å². The molecule has 2 N–H and O–H groups in total. The van der Waals surface area contributed by atoms with Gasteiger partial charge in [-0.2, -0.15) is 0 Å². The van der Waals surface area contributed by atoms with Gasteiger partial charge in [-0.15, -0.1) is 0 Å². The minimum Gasteiger partial charge on any atom is -0.352 e. The van der Waals surface area contributed by atoms with Crippen molar-refractivity contribution in [3.63, 3.8) is 0 Å². The molecule has 2 atom stereocenters. The van der Waals surface area contributed by atoms with Gasteiger partial charge in [-0.1, -0.05) is 36.4 Å². The second-order valence-electron chi connectivity index (χ2n) is 9.49. The van der Waals surface area contributed by atoms with Crippen LogP contribution in [0.15, 0.2) is 85.1 Å². The molecule has 0 radical (unpaired) electrons. The number of carbonyl (C=O) groups excluding carboxylic acids is 1. The molecular formula is C30H31N5OS. The Labute approximate surface area is 223 Å². The summed E-state index contributed by atoms with van der Waals surface area (Å²) in [6, 6.07) is 26.0. The Bertz CT molecular complexity index is 1420. The normalized spacial score (nSPS) is 17.1. The van der Waals surface area contributed by atoms with Gasteiger partial charge >= 0.3 is 0 Å². The zero-order valence-electron chi connectivity index (χ0n) is 21.3. The summed E-state index contributed by atoms with van der Waals surface area (Å²) in [4.78, 5) is 19.6. The van der Waals surface area contributed by atoms with Crippen molar-refractivity contribution in [1.82, 2.24) is 19.8 Å². The average molecular weight is 510 g/mol. The van der Waals surface area contributed by atoms with Crippen molar-refractivity contribution in [1.29, 1.82) is 0 Å². The Morgan fingerprint density at radius 1 is 1.00 bits per heavy atom. The van der Waals surface area contributed by atoms with Crippen molar-refractivity contribution in [2.75, 3.05) is 11.9 Å². The second-order valence-corrected chi connectivity index (χ2v) is 9.87. The van der Waals surface area contributed by atoms with Gasteiger partial charge in [-0.05, 0) is 86.6 Å². The summed E-state index contributed by atoms with van der Waals surface area (Å²) in [5, 5.41) is 7.12. The number of pyridine rings is 1. The standard InChI is InChI=1S/C30H31N5OS/c1-20-10-9-13-24(18-20)35-21(2)19-25(22(35)3)29-28(26-14-7-8-16-31-26)33-30(37)34(29)17-15-27(36)32-23-11-5-4-6-12-23/h4-14,16,18-19,28-29H,15,17H2,1-3H3,(H,32,36)(H,33,37)/t28-,29-/m1/s1. The third-order valence-corrected chi connectivity index (χ3v) is 7.24. The molecule has 2 aromatic carbocycles. The molecule has 0 aliphatic carbocycles. The maximum Gasteiger partial charge on any atom is 0.226 e. The van der Waals surface area contributed by atoms with Crippen LogP contribution in [0.4, 0.5) is 5.69 Å². The van der Waals surface area contributed by atoms with E-state index >= 15 is 0 Å². The molecule has 4 aromatic rings. The van der Waals surface area contributed by atoms with Crippen LogP contribution in [0.3, 0.4) is 0 Å². The monoisotopic (exact) mass is 509 g/mol. The van der Waals surface area contributed by atoms with E-state index in [2.05, 4.69) is 76.2 Å². The van der Waals surface area contributed by atoms with Crippen LogP contribution < -0.4 is 10.6 Å². The number of amides is 1. The van der Waals surface area contributed by atoms with E-state index < -0.39 is 0 Å². The second kappa shape index (κ2) is 10.6. The fraction of sp³-hybridized carbons (Fsp3) is 0.233. The van der Waals surface area contributed by atoms with E-state index in [0.29, 0.717) is 18.1 Å². The van der Waals surface area contributed by atoms with E-state index in [0.717, 1.165) is 28.5 Å². The summed E-state index contributed by atoms with van der Waals surface area (Å²) >= 11 is 5.82. The molecule has 1 amide bonds. The van der Waals surface area contributed by atoms with E-state index in [-0.39, 0.29) is 18.0 Å². The Hall–Kier alpha value is -3.97. The first kappa shape index (κ1) is 24.7. The van der Waals surface area contributed by atoms with Gasteiger partial charge < -0.3 is 20.1 Å². The summed E-state index contributed by atoms with van der Waals surface area (Å²) in [7, 11) is 0. The molecule has 0 spiro atoms. The molecule has 6 nitrogen and oxygen atoms in total. The molecular weight excluding hydrogens is 478 g/mol. The van der Waals surface area contributed by atoms with Crippen LogP contribution in [-0.2, 0) is 4.79 Å². The first-order chi connectivity index (χ1) is 17.9. The third-order valence-electron chi connectivity index (χ3n) is 6.88. The molecule has 0 saturated carbocycles. The van der Waals surface area contributed by atoms with E-state index in [9.17, 15) is 4.79 Å². The van der Waals surface area contributed by atoms with Gasteiger partial charge in [0.15, 0.2) is 5.11 Å². The number of para-hydroxylation sites is 1. The largest absolute Gasteiger partial charge is 0.352 e. The molecule has 7 heteroatoms. The summed E-state index contributed by atoms with van der Waals surface area (Å²) in [5.74, 6) is -0.0423. The fourth-order valence-corrected chi connectivity index (χ4v) is 5.54. The smallest absolute Gasteiger partial charge is 0.226 e. The number of nitrogens with zero attached hydrogens (tertiary/aromatic N) is 3. The van der Waals surface area contributed by atoms with Crippen LogP contribution in [0.5, 0.6) is 0 Å². The molecule has 0 bridgehead atoms. The molecule has 1 aliphatic rings. The lowest BCUT2D eigenvalue weighted by Crippen LogP contribution is -2.32. The number of benzene rings is 2. The SMILES string of the molecule is Cc1cccc(-n2c(C)cc([C@@H]3[C@@H](c4ccccn4)NC(=S)N3CCC(=O)Nc3ccccc3)c2C)c1. The highest BCUT2D eigenvalue weighted by Crippen LogP contribution is 2.41. The van der Waals surface area contributed by atoms with Gasteiger partial charge in [0, 0.05) is 41.9 Å². The Kier molecular flexibility index (Phi) is 7.06. The van der Waals surface area contributed by atoms with E-state index in [1.807, 2.05) is 54.7 Å². The molecule has 1 aliphatic heterocycles. The van der Waals surface area contributed by atoms with Crippen molar-refractivity contribution < 1.29 is 4.79 Å². The minimum absolute atomic E-state index is 0.0423. The third kappa shape index (κ3) is 5.13. The number of hydrogen-bond donors (Lipinski definition) is 2. The van der Waals surface area contributed by atoms with Crippen molar-refractivity contribution in [3.05, 3.63) is 113 Å². The minimum atomic E-state index is -0.127. The molecule has 0 unspecified atom stereocenters. The number of nitrogens with one attached hydrogen (secondary N) is 2. The molecule has 3 heterocycles. The lowest BCUT2D eigenvalue weighted by atomic mass is 9.96. The van der Waals surface area contributed by atoms with Gasteiger partial charge in [-0.25, -0.2) is 0 Å². The molecule has 1 fully saturated rings. The predicted octanol–water partition coefficient (Wildman–Crippen LogP) is 5.80. The highest BCUT2D eigenvalue weighted by molar-refractivity contribution is 7.80. The van der Waals surface area contributed by atoms with Crippen LogP contribution in [0.2, 0.25) is 0 Å². The van der Waals surface area contributed by atoms with Crippen LogP contribution in [0, 0.1) is 20.8 Å². The summed E-state index contributed by atoms with van der Waals surface area (Å²) in [6.45, 7) is 6.89.